The van der Waals surface area contributed by atoms with Gasteiger partial charge in [0.05, 0.1) is 16.5 Å². The fraction of sp³-hybridized carbons (Fsp3) is 0.400. The third kappa shape index (κ3) is 25.0. The van der Waals surface area contributed by atoms with Crippen molar-refractivity contribution in [1.29, 1.82) is 0 Å². The number of rotatable bonds is 11. The van der Waals surface area contributed by atoms with E-state index in [1.807, 2.05) is 0 Å². The second-order valence-electron chi connectivity index (χ2n) is 4.20. The van der Waals surface area contributed by atoms with Crippen molar-refractivity contribution in [2.75, 3.05) is 23.0 Å². The highest BCUT2D eigenvalue weighted by molar-refractivity contribution is 8.72. The van der Waals surface area contributed by atoms with E-state index in [-0.39, 0.29) is 5.75 Å². The first-order chi connectivity index (χ1) is 12.0. The van der Waals surface area contributed by atoms with E-state index in [9.17, 15) is 23.5 Å². The molecule has 0 amide bonds. The quantitative estimate of drug-likeness (QED) is 0.187. The molecule has 0 heterocycles. The summed E-state index contributed by atoms with van der Waals surface area (Å²) in [7, 11) is 0.591. The standard InChI is InChI=1S/C6H11NO3S.C6H10OS2.C3H4O3/c1-2-3-11(10)4-5(7)6(8)9;1-3-5-8-9(7)6-4-2;1-2(4)3(5)6/h2,5H,1,3-4,7H2,(H,8,9);3-4H,1-2,5-6H2;1H3,(H,5,6). The van der Waals surface area contributed by atoms with Gasteiger partial charge in [0.25, 0.3) is 0 Å². The van der Waals surface area contributed by atoms with Crippen molar-refractivity contribution in [3.8, 4) is 0 Å². The van der Waals surface area contributed by atoms with E-state index in [1.165, 1.54) is 16.9 Å². The minimum atomic E-state index is -1.38. The van der Waals surface area contributed by atoms with Crippen molar-refractivity contribution in [1.82, 2.24) is 0 Å². The monoisotopic (exact) mass is 427 g/mol. The fourth-order valence-corrected chi connectivity index (χ4v) is 3.54. The Morgan fingerprint density at radius 2 is 1.58 bits per heavy atom. The molecule has 0 saturated heterocycles. The van der Waals surface area contributed by atoms with Gasteiger partial charge in [-0.15, -0.1) is 6.58 Å². The minimum Gasteiger partial charge on any atom is -0.616 e. The lowest BCUT2D eigenvalue weighted by atomic mass is 10.4. The molecule has 0 rings (SSSR count). The van der Waals surface area contributed by atoms with Gasteiger partial charge in [-0.1, -0.05) is 19.2 Å². The van der Waals surface area contributed by atoms with Gasteiger partial charge in [0.1, 0.15) is 23.3 Å². The molecule has 4 N–H and O–H groups in total. The number of hydrogen-bond acceptors (Lipinski definition) is 7. The van der Waals surface area contributed by atoms with Gasteiger partial charge in [-0.05, 0) is 23.3 Å². The fourth-order valence-electron chi connectivity index (χ4n) is 0.739. The van der Waals surface area contributed by atoms with Crippen molar-refractivity contribution in [3.63, 3.8) is 0 Å². The van der Waals surface area contributed by atoms with Crippen LogP contribution in [0.2, 0.25) is 0 Å². The Morgan fingerprint density at radius 3 is 1.88 bits per heavy atom. The summed E-state index contributed by atoms with van der Waals surface area (Å²) >= 11 is -1.19. The molecule has 0 aromatic heterocycles. The number of carbonyl (C=O) groups is 3. The third-order valence-electron chi connectivity index (χ3n) is 1.86. The van der Waals surface area contributed by atoms with Crippen LogP contribution in [0.3, 0.4) is 0 Å². The molecule has 0 aliphatic carbocycles. The first-order valence-corrected chi connectivity index (χ1v) is 11.3. The molecule has 0 aromatic carbocycles. The molecular weight excluding hydrogens is 402 g/mol. The van der Waals surface area contributed by atoms with Crippen LogP contribution in [0.5, 0.6) is 0 Å². The summed E-state index contributed by atoms with van der Waals surface area (Å²) in [6, 6.07) is -1.03. The van der Waals surface area contributed by atoms with Gasteiger partial charge in [-0.3, -0.25) is 9.59 Å². The molecule has 0 saturated carbocycles. The number of ketones is 1. The lowest BCUT2D eigenvalue weighted by molar-refractivity contribution is -0.148. The van der Waals surface area contributed by atoms with Crippen LogP contribution in [0.15, 0.2) is 38.0 Å². The molecule has 0 bridgehead atoms. The molecule has 0 radical (unpaired) electrons. The first-order valence-electron chi connectivity index (χ1n) is 6.94. The van der Waals surface area contributed by atoms with Gasteiger partial charge in [-0.25, -0.2) is 4.79 Å². The molecule has 0 aliphatic rings. The molecule has 8 nitrogen and oxygen atoms in total. The van der Waals surface area contributed by atoms with Crippen LogP contribution in [0.1, 0.15) is 6.92 Å². The van der Waals surface area contributed by atoms with E-state index in [1.54, 1.807) is 12.2 Å². The molecule has 0 spiro atoms. The third-order valence-corrected chi connectivity index (χ3v) is 5.94. The van der Waals surface area contributed by atoms with Crippen molar-refractivity contribution in [2.24, 2.45) is 5.73 Å². The van der Waals surface area contributed by atoms with Gasteiger partial charge in [0, 0.05) is 17.1 Å². The van der Waals surface area contributed by atoms with Crippen molar-refractivity contribution < 1.29 is 33.7 Å². The Kier molecular flexibility index (Phi) is 22.8. The highest BCUT2D eigenvalue weighted by Crippen LogP contribution is 2.12. The van der Waals surface area contributed by atoms with E-state index in [2.05, 4.69) is 19.7 Å². The highest BCUT2D eigenvalue weighted by Gasteiger charge is 2.17. The summed E-state index contributed by atoms with van der Waals surface area (Å²) in [4.78, 5) is 29.0. The minimum absolute atomic E-state index is 0.0125. The summed E-state index contributed by atoms with van der Waals surface area (Å²) in [5, 5.41) is 16.0. The lowest BCUT2D eigenvalue weighted by Gasteiger charge is -2.10. The number of carboxylic acid groups (broad SMARTS) is 2. The summed E-state index contributed by atoms with van der Waals surface area (Å²) in [5.74, 6) is -1.73. The maximum atomic E-state index is 10.9. The Balaban J connectivity index is -0.000000319. The van der Waals surface area contributed by atoms with Gasteiger partial charge in [0.15, 0.2) is 0 Å². The Labute approximate surface area is 163 Å². The number of carboxylic acids is 2. The Morgan fingerprint density at radius 1 is 1.12 bits per heavy atom. The summed E-state index contributed by atoms with van der Waals surface area (Å²) in [5.41, 5.74) is 5.12. The average molecular weight is 428 g/mol. The number of nitrogens with two attached hydrogens (primary N) is 1. The molecule has 11 heteroatoms. The molecule has 3 unspecified atom stereocenters. The summed E-state index contributed by atoms with van der Waals surface area (Å²) < 4.78 is 21.6. The molecule has 0 aromatic rings. The molecule has 0 fully saturated rings. The van der Waals surface area contributed by atoms with Crippen LogP contribution in [0, 0.1) is 0 Å². The van der Waals surface area contributed by atoms with E-state index in [4.69, 9.17) is 15.9 Å². The normalized spacial score (nSPS) is 12.6. The summed E-state index contributed by atoms with van der Waals surface area (Å²) in [6.07, 6.45) is 4.88. The molecule has 3 atom stereocenters. The predicted octanol–water partition coefficient (Wildman–Crippen LogP) is 0.748. The lowest BCUT2D eigenvalue weighted by Crippen LogP contribution is -2.37. The van der Waals surface area contributed by atoms with E-state index >= 15 is 0 Å². The van der Waals surface area contributed by atoms with E-state index in [0.717, 1.165) is 12.7 Å². The summed E-state index contributed by atoms with van der Waals surface area (Å²) in [6.45, 7) is 11.4. The average Bonchev–Trinajstić information content (AvgIpc) is 2.54. The van der Waals surface area contributed by atoms with Gasteiger partial charge in [-0.2, -0.15) is 0 Å². The SMILES string of the molecule is C=CCS[S+]([O-])CC=C.C=CC[S+]([O-])CC(N)C(=O)O.CC(=O)C(=O)O. The molecule has 150 valence electrons. The van der Waals surface area contributed by atoms with Crippen LogP contribution in [0.25, 0.3) is 0 Å². The van der Waals surface area contributed by atoms with Crippen LogP contribution in [-0.2, 0) is 35.8 Å². The van der Waals surface area contributed by atoms with Crippen LogP contribution in [0.4, 0.5) is 0 Å². The zero-order valence-electron chi connectivity index (χ0n) is 14.5. The highest BCUT2D eigenvalue weighted by atomic mass is 33.1. The van der Waals surface area contributed by atoms with Crippen LogP contribution < -0.4 is 5.73 Å². The number of hydrogen-bond donors (Lipinski definition) is 3. The molecular formula is C15H25NO7S3. The smallest absolute Gasteiger partial charge is 0.371 e. The molecule has 26 heavy (non-hydrogen) atoms. The number of carbonyl (C=O) groups excluding carboxylic acids is 1. The molecule has 0 aliphatic heterocycles. The van der Waals surface area contributed by atoms with Gasteiger partial charge in [0.2, 0.25) is 5.78 Å². The van der Waals surface area contributed by atoms with Crippen LogP contribution >= 0.6 is 10.8 Å². The topological polar surface area (TPSA) is 164 Å². The first kappa shape index (κ1) is 29.5. The Hall–Kier alpha value is -1.24. The zero-order chi connectivity index (χ0) is 21.1. The number of Topliss-reactive ketones (excluding diaryl/α,β-unsaturated/α-hetero) is 1. The Bertz CT molecular complexity index is 449. The van der Waals surface area contributed by atoms with Crippen molar-refractivity contribution >= 4 is 49.9 Å². The zero-order valence-corrected chi connectivity index (χ0v) is 16.9. The predicted molar refractivity (Wildman–Crippen MR) is 108 cm³/mol. The maximum absolute atomic E-state index is 10.9. The van der Waals surface area contributed by atoms with Gasteiger partial charge < -0.3 is 25.1 Å². The van der Waals surface area contributed by atoms with E-state index < -0.39 is 45.1 Å². The van der Waals surface area contributed by atoms with Gasteiger partial charge >= 0.3 is 11.9 Å². The second-order valence-corrected chi connectivity index (χ2v) is 9.08. The second kappa shape index (κ2) is 20.1. The van der Waals surface area contributed by atoms with Crippen molar-refractivity contribution in [2.45, 2.75) is 13.0 Å². The van der Waals surface area contributed by atoms with Crippen molar-refractivity contribution in [3.05, 3.63) is 38.0 Å². The van der Waals surface area contributed by atoms with E-state index in [0.29, 0.717) is 11.5 Å². The largest absolute Gasteiger partial charge is 0.616 e. The number of aliphatic carboxylic acids is 2. The van der Waals surface area contributed by atoms with Crippen LogP contribution in [-0.4, -0.2) is 66.1 Å². The maximum Gasteiger partial charge on any atom is 0.371 e.